The first-order valence-electron chi connectivity index (χ1n) is 8.76. The molecule has 6 heteroatoms. The topological polar surface area (TPSA) is 58.4 Å². The maximum atomic E-state index is 14.6. The summed E-state index contributed by atoms with van der Waals surface area (Å²) >= 11 is 0. The third-order valence-electron chi connectivity index (χ3n) is 4.49. The van der Waals surface area contributed by atoms with Gasteiger partial charge in [-0.25, -0.2) is 9.07 Å². The van der Waals surface area contributed by atoms with Crippen molar-refractivity contribution in [2.24, 2.45) is 0 Å². The molecule has 0 aliphatic heterocycles. The molecule has 1 aromatic heterocycles. The van der Waals surface area contributed by atoms with Gasteiger partial charge in [-0.2, -0.15) is 5.10 Å². The number of unbranched alkanes of at least 4 members (excludes halogenated alkanes) is 1. The molecular weight excluding hydrogens is 321 g/mol. The fraction of sp³-hybridized carbons (Fsp3) is 0.474. The van der Waals surface area contributed by atoms with Crippen molar-refractivity contribution in [3.05, 3.63) is 47.0 Å². The second-order valence-corrected chi connectivity index (χ2v) is 6.67. The number of halogens is 1. The predicted molar refractivity (Wildman–Crippen MR) is 93.4 cm³/mol. The quantitative estimate of drug-likeness (QED) is 0.785. The van der Waals surface area contributed by atoms with Crippen molar-refractivity contribution >= 4 is 5.91 Å². The number of aromatic nitrogens is 2. The van der Waals surface area contributed by atoms with Crippen molar-refractivity contribution in [2.75, 3.05) is 13.2 Å². The van der Waals surface area contributed by atoms with E-state index in [1.807, 2.05) is 24.8 Å². The van der Waals surface area contributed by atoms with Gasteiger partial charge in [-0.3, -0.25) is 4.79 Å². The SMILES string of the molecule is Cc1cc(C)n(-c2ccc(C(=O)N(CCCCO)C3CC3)cc2F)n1. The molecule has 0 atom stereocenters. The minimum Gasteiger partial charge on any atom is -0.396 e. The lowest BCUT2D eigenvalue weighted by Gasteiger charge is -2.22. The maximum Gasteiger partial charge on any atom is 0.254 e. The zero-order chi connectivity index (χ0) is 18.0. The van der Waals surface area contributed by atoms with Gasteiger partial charge >= 0.3 is 0 Å². The summed E-state index contributed by atoms with van der Waals surface area (Å²) in [5.74, 6) is -0.595. The summed E-state index contributed by atoms with van der Waals surface area (Å²) in [6, 6.07) is 6.72. The molecule has 25 heavy (non-hydrogen) atoms. The molecule has 0 spiro atoms. The summed E-state index contributed by atoms with van der Waals surface area (Å²) in [5, 5.41) is 13.2. The van der Waals surface area contributed by atoms with E-state index in [4.69, 9.17) is 5.11 Å². The van der Waals surface area contributed by atoms with Crippen LogP contribution in [0.2, 0.25) is 0 Å². The number of carbonyl (C=O) groups is 1. The Morgan fingerprint density at radius 1 is 1.32 bits per heavy atom. The van der Waals surface area contributed by atoms with Crippen molar-refractivity contribution in [1.29, 1.82) is 0 Å². The fourth-order valence-electron chi connectivity index (χ4n) is 3.08. The number of rotatable bonds is 7. The van der Waals surface area contributed by atoms with Crippen LogP contribution < -0.4 is 0 Å². The third kappa shape index (κ3) is 3.90. The van der Waals surface area contributed by atoms with E-state index < -0.39 is 5.82 Å². The van der Waals surface area contributed by atoms with E-state index in [1.54, 1.807) is 16.8 Å². The van der Waals surface area contributed by atoms with Gasteiger partial charge in [0, 0.05) is 30.5 Å². The van der Waals surface area contributed by atoms with Crippen LogP contribution in [0, 0.1) is 19.7 Å². The first-order chi connectivity index (χ1) is 12.0. The van der Waals surface area contributed by atoms with Crippen LogP contribution >= 0.6 is 0 Å². The molecule has 5 nitrogen and oxygen atoms in total. The summed E-state index contributed by atoms with van der Waals surface area (Å²) in [5.41, 5.74) is 2.37. The van der Waals surface area contributed by atoms with E-state index in [2.05, 4.69) is 5.10 Å². The number of hydrogen-bond acceptors (Lipinski definition) is 3. The average Bonchev–Trinajstić information content (AvgIpc) is 3.36. The lowest BCUT2D eigenvalue weighted by atomic mass is 10.1. The zero-order valence-electron chi connectivity index (χ0n) is 14.7. The van der Waals surface area contributed by atoms with Crippen LogP contribution in [0.4, 0.5) is 4.39 Å². The van der Waals surface area contributed by atoms with E-state index in [0.717, 1.165) is 30.7 Å². The van der Waals surface area contributed by atoms with Crippen molar-refractivity contribution in [3.63, 3.8) is 0 Å². The Hall–Kier alpha value is -2.21. The standard InChI is InChI=1S/C19H24FN3O2/c1-13-11-14(2)23(21-13)18-8-5-15(12-17(18)20)19(25)22(16-6-7-16)9-3-4-10-24/h5,8,11-12,16,24H,3-4,6-7,9-10H2,1-2H3. The molecule has 1 saturated carbocycles. The Morgan fingerprint density at radius 2 is 2.08 bits per heavy atom. The lowest BCUT2D eigenvalue weighted by molar-refractivity contribution is 0.0736. The average molecular weight is 345 g/mol. The molecule has 1 aliphatic rings. The van der Waals surface area contributed by atoms with Gasteiger partial charge in [-0.05, 0) is 63.8 Å². The van der Waals surface area contributed by atoms with Crippen LogP contribution in [0.5, 0.6) is 0 Å². The summed E-state index contributed by atoms with van der Waals surface area (Å²) in [6.45, 7) is 4.46. The number of aryl methyl sites for hydroxylation is 2. The Balaban J connectivity index is 1.81. The summed E-state index contributed by atoms with van der Waals surface area (Å²) in [4.78, 5) is 14.6. The zero-order valence-corrected chi connectivity index (χ0v) is 14.7. The van der Waals surface area contributed by atoms with Gasteiger partial charge in [0.05, 0.1) is 5.69 Å². The Kier molecular flexibility index (Phi) is 5.18. The van der Waals surface area contributed by atoms with Crippen molar-refractivity contribution < 1.29 is 14.3 Å². The van der Waals surface area contributed by atoms with Gasteiger partial charge in [0.15, 0.2) is 0 Å². The lowest BCUT2D eigenvalue weighted by Crippen LogP contribution is -2.34. The van der Waals surface area contributed by atoms with Crippen LogP contribution in [0.3, 0.4) is 0 Å². The maximum absolute atomic E-state index is 14.6. The molecule has 0 bridgehead atoms. The second-order valence-electron chi connectivity index (χ2n) is 6.67. The molecule has 2 aromatic rings. The molecule has 1 aromatic carbocycles. The molecule has 1 N–H and O–H groups in total. The number of aliphatic hydroxyl groups excluding tert-OH is 1. The molecule has 0 unspecified atom stereocenters. The van der Waals surface area contributed by atoms with E-state index in [1.165, 1.54) is 6.07 Å². The van der Waals surface area contributed by atoms with Gasteiger partial charge < -0.3 is 10.0 Å². The molecular formula is C19H24FN3O2. The second kappa shape index (κ2) is 7.35. The largest absolute Gasteiger partial charge is 0.396 e. The minimum absolute atomic E-state index is 0.124. The fourth-order valence-corrected chi connectivity index (χ4v) is 3.08. The van der Waals surface area contributed by atoms with Crippen LogP contribution in [-0.4, -0.2) is 44.9 Å². The first kappa shape index (κ1) is 17.6. The highest BCUT2D eigenvalue weighted by atomic mass is 19.1. The number of benzene rings is 1. The number of carbonyl (C=O) groups excluding carboxylic acids is 1. The number of aliphatic hydroxyl groups is 1. The number of nitrogens with zero attached hydrogens (tertiary/aromatic N) is 3. The van der Waals surface area contributed by atoms with E-state index in [0.29, 0.717) is 24.2 Å². The monoisotopic (exact) mass is 345 g/mol. The molecule has 1 amide bonds. The Labute approximate surface area is 147 Å². The molecule has 0 saturated heterocycles. The van der Waals surface area contributed by atoms with E-state index in [9.17, 15) is 9.18 Å². The van der Waals surface area contributed by atoms with Crippen LogP contribution in [0.25, 0.3) is 5.69 Å². The molecule has 3 rings (SSSR count). The Bertz CT molecular complexity index is 768. The highest BCUT2D eigenvalue weighted by Gasteiger charge is 2.32. The van der Waals surface area contributed by atoms with E-state index >= 15 is 0 Å². The number of hydrogen-bond donors (Lipinski definition) is 1. The van der Waals surface area contributed by atoms with E-state index in [-0.39, 0.29) is 18.6 Å². The van der Waals surface area contributed by atoms with Crippen LogP contribution in [0.1, 0.15) is 47.4 Å². The molecule has 1 heterocycles. The summed E-state index contributed by atoms with van der Waals surface area (Å²) in [6.07, 6.45) is 3.42. The normalized spacial score (nSPS) is 13.9. The third-order valence-corrected chi connectivity index (χ3v) is 4.49. The smallest absolute Gasteiger partial charge is 0.254 e. The van der Waals surface area contributed by atoms with Gasteiger partial charge in [0.2, 0.25) is 0 Å². The van der Waals surface area contributed by atoms with Gasteiger partial charge in [-0.1, -0.05) is 0 Å². The summed E-state index contributed by atoms with van der Waals surface area (Å²) < 4.78 is 16.2. The predicted octanol–water partition coefficient (Wildman–Crippen LogP) is 3.01. The molecule has 1 aliphatic carbocycles. The Morgan fingerprint density at radius 3 is 2.64 bits per heavy atom. The van der Waals surface area contributed by atoms with Crippen molar-refractivity contribution in [3.8, 4) is 5.69 Å². The molecule has 1 fully saturated rings. The van der Waals surface area contributed by atoms with Crippen LogP contribution in [-0.2, 0) is 0 Å². The highest BCUT2D eigenvalue weighted by Crippen LogP contribution is 2.29. The molecule has 134 valence electrons. The number of amides is 1. The first-order valence-corrected chi connectivity index (χ1v) is 8.76. The highest BCUT2D eigenvalue weighted by molar-refractivity contribution is 5.94. The molecule has 0 radical (unpaired) electrons. The van der Waals surface area contributed by atoms with Crippen molar-refractivity contribution in [2.45, 2.75) is 45.6 Å². The van der Waals surface area contributed by atoms with Crippen molar-refractivity contribution in [1.82, 2.24) is 14.7 Å². The van der Waals surface area contributed by atoms with Gasteiger partial charge in [-0.15, -0.1) is 0 Å². The van der Waals surface area contributed by atoms with Gasteiger partial charge in [0.25, 0.3) is 5.91 Å². The van der Waals surface area contributed by atoms with Crippen LogP contribution in [0.15, 0.2) is 24.3 Å². The minimum atomic E-state index is -0.455. The summed E-state index contributed by atoms with van der Waals surface area (Å²) in [7, 11) is 0. The van der Waals surface area contributed by atoms with Gasteiger partial charge in [0.1, 0.15) is 11.5 Å².